The van der Waals surface area contributed by atoms with E-state index < -0.39 is 0 Å². The molecule has 0 spiro atoms. The molecule has 0 amide bonds. The highest BCUT2D eigenvalue weighted by atomic mass is 16.3. The van der Waals surface area contributed by atoms with Gasteiger partial charge in [0.2, 0.25) is 0 Å². The largest absolute Gasteiger partial charge is 0.468 e. The summed E-state index contributed by atoms with van der Waals surface area (Å²) in [4.78, 5) is 23.4. The van der Waals surface area contributed by atoms with Crippen LogP contribution in [0.5, 0.6) is 0 Å². The summed E-state index contributed by atoms with van der Waals surface area (Å²) < 4.78 is 7.03. The first kappa shape index (κ1) is 15.1. The zero-order chi connectivity index (χ0) is 16.5. The minimum absolute atomic E-state index is 0.125. The average molecular weight is 327 g/mol. The fraction of sp³-hybridized carbons (Fsp3) is 0.471. The van der Waals surface area contributed by atoms with E-state index in [4.69, 9.17) is 4.42 Å². The van der Waals surface area contributed by atoms with E-state index in [0.29, 0.717) is 18.1 Å². The van der Waals surface area contributed by atoms with E-state index in [1.54, 1.807) is 12.3 Å². The van der Waals surface area contributed by atoms with Gasteiger partial charge < -0.3 is 4.42 Å². The number of nitrogens with one attached hydrogen (secondary N) is 1. The van der Waals surface area contributed by atoms with Gasteiger partial charge in [-0.15, -0.1) is 0 Å². The Hall–Kier alpha value is -2.41. The van der Waals surface area contributed by atoms with Crippen molar-refractivity contribution in [3.8, 4) is 0 Å². The van der Waals surface area contributed by atoms with Crippen LogP contribution in [0.1, 0.15) is 49.0 Å². The van der Waals surface area contributed by atoms with Gasteiger partial charge in [-0.05, 0) is 38.4 Å². The first-order valence-electron chi connectivity index (χ1n) is 8.43. The highest BCUT2D eigenvalue weighted by Gasteiger charge is 2.25. The third-order valence-electron chi connectivity index (χ3n) is 4.60. The highest BCUT2D eigenvalue weighted by molar-refractivity contribution is 5.27. The Balaban J connectivity index is 1.65. The molecule has 126 valence electrons. The fourth-order valence-electron chi connectivity index (χ4n) is 3.48. The van der Waals surface area contributed by atoms with Gasteiger partial charge in [0.25, 0.3) is 11.3 Å². The summed E-state index contributed by atoms with van der Waals surface area (Å²) in [6.07, 6.45) is 6.36. The lowest BCUT2D eigenvalue weighted by Crippen LogP contribution is -2.29. The summed E-state index contributed by atoms with van der Waals surface area (Å²) in [5, 5.41) is 2.90. The molecule has 1 N–H and O–H groups in total. The number of aromatic amines is 1. The Morgan fingerprint density at radius 3 is 3.08 bits per heavy atom. The molecular formula is C17H21N5O2. The van der Waals surface area contributed by atoms with Crippen molar-refractivity contribution in [2.45, 2.75) is 45.2 Å². The molecule has 7 heteroatoms. The SMILES string of the molecule is Cc1nc2nc(CN3CCCCC[C@H]3c3ccco3)cc(=O)n2[nH]1. The quantitative estimate of drug-likeness (QED) is 0.799. The van der Waals surface area contributed by atoms with Gasteiger partial charge in [0.1, 0.15) is 11.6 Å². The molecule has 0 aromatic carbocycles. The lowest BCUT2D eigenvalue weighted by atomic mass is 10.1. The van der Waals surface area contributed by atoms with Crippen molar-refractivity contribution < 1.29 is 4.42 Å². The van der Waals surface area contributed by atoms with Crippen molar-refractivity contribution >= 4 is 5.78 Å². The molecule has 0 saturated carbocycles. The summed E-state index contributed by atoms with van der Waals surface area (Å²) in [6, 6.07) is 5.80. The van der Waals surface area contributed by atoms with E-state index in [1.165, 1.54) is 17.4 Å². The summed E-state index contributed by atoms with van der Waals surface area (Å²) in [5.41, 5.74) is 0.630. The minimum Gasteiger partial charge on any atom is -0.468 e. The van der Waals surface area contributed by atoms with Crippen molar-refractivity contribution in [3.05, 3.63) is 52.1 Å². The maximum absolute atomic E-state index is 12.2. The smallest absolute Gasteiger partial charge is 0.274 e. The number of furan rings is 1. The van der Waals surface area contributed by atoms with Crippen molar-refractivity contribution in [2.75, 3.05) is 6.54 Å². The molecule has 1 fully saturated rings. The number of hydrogen-bond donors (Lipinski definition) is 1. The Morgan fingerprint density at radius 1 is 1.33 bits per heavy atom. The van der Waals surface area contributed by atoms with E-state index >= 15 is 0 Å². The van der Waals surface area contributed by atoms with Gasteiger partial charge in [0.15, 0.2) is 0 Å². The molecule has 3 aromatic rings. The number of H-pyrrole nitrogens is 1. The molecule has 0 radical (unpaired) electrons. The lowest BCUT2D eigenvalue weighted by molar-refractivity contribution is 0.167. The molecule has 0 bridgehead atoms. The number of likely N-dealkylation sites (tertiary alicyclic amines) is 1. The van der Waals surface area contributed by atoms with Crippen LogP contribution < -0.4 is 5.56 Å². The Labute approximate surface area is 139 Å². The Kier molecular flexibility index (Phi) is 3.93. The molecule has 0 unspecified atom stereocenters. The molecular weight excluding hydrogens is 306 g/mol. The third-order valence-corrected chi connectivity index (χ3v) is 4.60. The topological polar surface area (TPSA) is 79.4 Å². The first-order chi connectivity index (χ1) is 11.7. The van der Waals surface area contributed by atoms with E-state index in [0.717, 1.165) is 30.8 Å². The van der Waals surface area contributed by atoms with Gasteiger partial charge in [0, 0.05) is 12.6 Å². The van der Waals surface area contributed by atoms with Crippen LogP contribution in [0.3, 0.4) is 0 Å². The molecule has 24 heavy (non-hydrogen) atoms. The molecule has 1 aliphatic rings. The van der Waals surface area contributed by atoms with E-state index in [2.05, 4.69) is 20.0 Å². The summed E-state index contributed by atoms with van der Waals surface area (Å²) in [7, 11) is 0. The Morgan fingerprint density at radius 2 is 2.25 bits per heavy atom. The van der Waals surface area contributed by atoms with Crippen LogP contribution in [0.2, 0.25) is 0 Å². The predicted octanol–water partition coefficient (Wildman–Crippen LogP) is 2.44. The summed E-state index contributed by atoms with van der Waals surface area (Å²) >= 11 is 0. The number of aromatic nitrogens is 4. The van der Waals surface area contributed by atoms with Crippen LogP contribution in [-0.4, -0.2) is 31.0 Å². The molecule has 1 aliphatic heterocycles. The second-order valence-corrected chi connectivity index (χ2v) is 6.38. The Bertz CT molecular complexity index is 880. The highest BCUT2D eigenvalue weighted by Crippen LogP contribution is 2.31. The molecule has 0 aliphatic carbocycles. The standard InChI is InChI=1S/C17H21N5O2/c1-12-18-17-19-13(10-16(23)22(17)20-12)11-21-8-4-2-3-6-14(21)15-7-5-9-24-15/h5,7,9-10,14H,2-4,6,8,11H2,1H3,(H,18,19,20)/t14-/m0/s1. The molecule has 4 rings (SSSR count). The van der Waals surface area contributed by atoms with Gasteiger partial charge in [-0.25, -0.2) is 4.98 Å². The molecule has 7 nitrogen and oxygen atoms in total. The van der Waals surface area contributed by atoms with E-state index in [1.807, 2.05) is 19.1 Å². The van der Waals surface area contributed by atoms with Crippen LogP contribution >= 0.6 is 0 Å². The van der Waals surface area contributed by atoms with Gasteiger partial charge in [-0.3, -0.25) is 14.8 Å². The van der Waals surface area contributed by atoms with Crippen LogP contribution in [0.4, 0.5) is 0 Å². The monoisotopic (exact) mass is 327 g/mol. The zero-order valence-corrected chi connectivity index (χ0v) is 13.7. The first-order valence-corrected chi connectivity index (χ1v) is 8.43. The maximum atomic E-state index is 12.2. The van der Waals surface area contributed by atoms with Crippen molar-refractivity contribution in [1.29, 1.82) is 0 Å². The molecule has 3 aromatic heterocycles. The zero-order valence-electron chi connectivity index (χ0n) is 13.7. The number of rotatable bonds is 3. The summed E-state index contributed by atoms with van der Waals surface area (Å²) in [5.74, 6) is 2.10. The van der Waals surface area contributed by atoms with E-state index in [9.17, 15) is 4.79 Å². The predicted molar refractivity (Wildman–Crippen MR) is 88.7 cm³/mol. The van der Waals surface area contributed by atoms with Crippen molar-refractivity contribution in [2.24, 2.45) is 0 Å². The van der Waals surface area contributed by atoms with Gasteiger partial charge >= 0.3 is 0 Å². The van der Waals surface area contributed by atoms with Crippen molar-refractivity contribution in [1.82, 2.24) is 24.5 Å². The van der Waals surface area contributed by atoms with Crippen LogP contribution in [0.15, 0.2) is 33.7 Å². The van der Waals surface area contributed by atoms with Gasteiger partial charge in [-0.2, -0.15) is 9.50 Å². The molecule has 1 saturated heterocycles. The third kappa shape index (κ3) is 2.87. The molecule has 4 heterocycles. The van der Waals surface area contributed by atoms with Crippen molar-refractivity contribution in [3.63, 3.8) is 0 Å². The van der Waals surface area contributed by atoms with Gasteiger partial charge in [0.05, 0.1) is 18.0 Å². The second kappa shape index (κ2) is 6.24. The number of fused-ring (bicyclic) bond motifs is 1. The summed E-state index contributed by atoms with van der Waals surface area (Å²) in [6.45, 7) is 3.42. The number of nitrogens with zero attached hydrogens (tertiary/aromatic N) is 4. The van der Waals surface area contributed by atoms with Crippen LogP contribution in [0.25, 0.3) is 5.78 Å². The number of aryl methyl sites for hydroxylation is 1. The van der Waals surface area contributed by atoms with Gasteiger partial charge in [-0.1, -0.05) is 12.8 Å². The van der Waals surface area contributed by atoms with Crippen LogP contribution in [0, 0.1) is 6.92 Å². The maximum Gasteiger partial charge on any atom is 0.274 e. The van der Waals surface area contributed by atoms with Crippen LogP contribution in [-0.2, 0) is 6.54 Å². The lowest BCUT2D eigenvalue weighted by Gasteiger charge is -2.27. The second-order valence-electron chi connectivity index (χ2n) is 6.38. The normalized spacial score (nSPS) is 19.6. The number of hydrogen-bond acceptors (Lipinski definition) is 5. The average Bonchev–Trinajstić information content (AvgIpc) is 3.14. The fourth-order valence-corrected chi connectivity index (χ4v) is 3.48. The minimum atomic E-state index is -0.125. The van der Waals surface area contributed by atoms with E-state index in [-0.39, 0.29) is 11.6 Å². The molecule has 1 atom stereocenters.